The maximum Gasteiger partial charge on any atom is 0.265 e. The normalized spacial score (nSPS) is 10.5. The first-order valence-corrected chi connectivity index (χ1v) is 10.2. The average Bonchev–Trinajstić information content (AvgIpc) is 3.12. The first kappa shape index (κ1) is 19.9. The number of hydrogen-bond donors (Lipinski definition) is 1. The molecule has 0 saturated carbocycles. The summed E-state index contributed by atoms with van der Waals surface area (Å²) in [4.78, 5) is 13.0. The highest BCUT2D eigenvalue weighted by molar-refractivity contribution is 9.11. The molecule has 2 aromatic carbocycles. The van der Waals surface area contributed by atoms with Gasteiger partial charge in [-0.25, -0.2) is 4.39 Å². The average molecular weight is 515 g/mol. The molecule has 1 N–H and O–H groups in total. The third-order valence-electron chi connectivity index (χ3n) is 3.59. The van der Waals surface area contributed by atoms with Gasteiger partial charge in [0.15, 0.2) is 11.5 Å². The Labute approximate surface area is 176 Å². The molecule has 140 valence electrons. The maximum atomic E-state index is 13.4. The van der Waals surface area contributed by atoms with Crippen LogP contribution in [0.15, 0.2) is 56.8 Å². The highest BCUT2D eigenvalue weighted by atomic mass is 79.9. The van der Waals surface area contributed by atoms with E-state index in [4.69, 9.17) is 9.47 Å². The zero-order chi connectivity index (χ0) is 19.4. The second-order valence-corrected chi connectivity index (χ2v) is 8.08. The molecule has 1 aromatic heterocycles. The fourth-order valence-corrected chi connectivity index (χ4v) is 4.43. The van der Waals surface area contributed by atoms with E-state index >= 15 is 0 Å². The van der Waals surface area contributed by atoms with Crippen LogP contribution in [0.3, 0.4) is 0 Å². The molecule has 0 unspecified atom stereocenters. The number of nitrogens with one attached hydrogen (secondary N) is 1. The van der Waals surface area contributed by atoms with Crippen LogP contribution in [0.2, 0.25) is 0 Å². The summed E-state index contributed by atoms with van der Waals surface area (Å²) in [6, 6.07) is 11.7. The Bertz CT molecular complexity index is 954. The van der Waals surface area contributed by atoms with Gasteiger partial charge >= 0.3 is 0 Å². The Balaban J connectivity index is 1.68. The number of carbonyl (C=O) groups excluding carboxylic acids is 1. The number of benzene rings is 2. The summed E-state index contributed by atoms with van der Waals surface area (Å²) < 4.78 is 25.3. The summed E-state index contributed by atoms with van der Waals surface area (Å²) in [5.74, 6) is 0.600. The summed E-state index contributed by atoms with van der Waals surface area (Å²) in [7, 11) is 1.58. The molecule has 0 aliphatic heterocycles. The Morgan fingerprint density at radius 1 is 1.15 bits per heavy atom. The molecule has 3 rings (SSSR count). The molecule has 8 heteroatoms. The van der Waals surface area contributed by atoms with Crippen molar-refractivity contribution in [2.45, 2.75) is 6.61 Å². The van der Waals surface area contributed by atoms with Crippen LogP contribution < -0.4 is 14.8 Å². The highest BCUT2D eigenvalue weighted by Gasteiger charge is 2.15. The Hall–Kier alpha value is -1.90. The van der Waals surface area contributed by atoms with Crippen molar-refractivity contribution < 1.29 is 18.7 Å². The largest absolute Gasteiger partial charge is 0.493 e. The molecule has 0 atom stereocenters. The van der Waals surface area contributed by atoms with Crippen LogP contribution in [-0.2, 0) is 6.61 Å². The molecule has 3 aromatic rings. The monoisotopic (exact) mass is 513 g/mol. The molecule has 0 aliphatic rings. The van der Waals surface area contributed by atoms with Crippen LogP contribution in [0.4, 0.5) is 10.1 Å². The zero-order valence-corrected chi connectivity index (χ0v) is 18.1. The highest BCUT2D eigenvalue weighted by Crippen LogP contribution is 2.33. The van der Waals surface area contributed by atoms with Gasteiger partial charge in [0.25, 0.3) is 5.91 Å². The Kier molecular flexibility index (Phi) is 6.51. The third-order valence-corrected chi connectivity index (χ3v) is 5.81. The van der Waals surface area contributed by atoms with Gasteiger partial charge in [0, 0.05) is 14.5 Å². The molecule has 0 fully saturated rings. The third kappa shape index (κ3) is 4.88. The van der Waals surface area contributed by atoms with Gasteiger partial charge in [0.05, 0.1) is 17.7 Å². The number of thiophene rings is 1. The van der Waals surface area contributed by atoms with Gasteiger partial charge in [-0.1, -0.05) is 12.1 Å². The summed E-state index contributed by atoms with van der Waals surface area (Å²) >= 11 is 7.82. The number of hydrogen-bond acceptors (Lipinski definition) is 4. The lowest BCUT2D eigenvalue weighted by molar-refractivity contribution is 0.103. The number of amides is 1. The van der Waals surface area contributed by atoms with Crippen LogP contribution in [0.5, 0.6) is 11.5 Å². The second-order valence-electron chi connectivity index (χ2n) is 5.46. The summed E-state index contributed by atoms with van der Waals surface area (Å²) in [6.45, 7) is 0.314. The summed E-state index contributed by atoms with van der Waals surface area (Å²) in [5.41, 5.74) is 1.34. The van der Waals surface area contributed by atoms with Gasteiger partial charge in [-0.2, -0.15) is 0 Å². The van der Waals surface area contributed by atoms with Gasteiger partial charge in [-0.15, -0.1) is 11.3 Å². The Morgan fingerprint density at radius 2 is 1.81 bits per heavy atom. The lowest BCUT2D eigenvalue weighted by Crippen LogP contribution is -2.11. The van der Waals surface area contributed by atoms with Crippen LogP contribution in [0.25, 0.3) is 0 Å². The fourth-order valence-electron chi connectivity index (χ4n) is 2.31. The molecule has 0 bridgehead atoms. The van der Waals surface area contributed by atoms with E-state index < -0.39 is 5.82 Å². The number of anilines is 1. The minimum Gasteiger partial charge on any atom is -0.493 e. The number of halogens is 3. The van der Waals surface area contributed by atoms with Crippen LogP contribution in [0.1, 0.15) is 15.2 Å². The van der Waals surface area contributed by atoms with Crippen molar-refractivity contribution in [3.63, 3.8) is 0 Å². The van der Waals surface area contributed by atoms with Gasteiger partial charge in [0.1, 0.15) is 12.4 Å². The van der Waals surface area contributed by atoms with Crippen molar-refractivity contribution in [1.29, 1.82) is 0 Å². The SMILES string of the molecule is COc1ccccc1OCc1csc(C(=O)Nc2c(Br)cc(F)cc2Br)c1. The van der Waals surface area contributed by atoms with Crippen molar-refractivity contribution in [2.75, 3.05) is 12.4 Å². The lowest BCUT2D eigenvalue weighted by Gasteiger charge is -2.09. The number of carbonyl (C=O) groups is 1. The van der Waals surface area contributed by atoms with Crippen molar-refractivity contribution in [1.82, 2.24) is 0 Å². The summed E-state index contributed by atoms with van der Waals surface area (Å²) in [6.07, 6.45) is 0. The van der Waals surface area contributed by atoms with Crippen LogP contribution in [0, 0.1) is 5.82 Å². The van der Waals surface area contributed by atoms with Crippen LogP contribution >= 0.6 is 43.2 Å². The molecule has 0 aliphatic carbocycles. The van der Waals surface area contributed by atoms with Gasteiger partial charge < -0.3 is 14.8 Å². The van der Waals surface area contributed by atoms with Crippen molar-refractivity contribution in [3.8, 4) is 11.5 Å². The van der Waals surface area contributed by atoms with E-state index in [0.717, 1.165) is 5.56 Å². The minimum atomic E-state index is -0.404. The predicted molar refractivity (Wildman–Crippen MR) is 111 cm³/mol. The van der Waals surface area contributed by atoms with Crippen molar-refractivity contribution in [3.05, 3.63) is 73.0 Å². The predicted octanol–water partition coefficient (Wildman–Crippen LogP) is 6.25. The van der Waals surface area contributed by atoms with E-state index in [-0.39, 0.29) is 5.91 Å². The molecule has 0 saturated heterocycles. The molecular formula is C19H14Br2FNO3S. The minimum absolute atomic E-state index is 0.281. The number of para-hydroxylation sites is 2. The topological polar surface area (TPSA) is 47.6 Å². The molecule has 4 nitrogen and oxygen atoms in total. The quantitative estimate of drug-likeness (QED) is 0.422. The molecule has 0 radical (unpaired) electrons. The van der Waals surface area contributed by atoms with E-state index in [9.17, 15) is 9.18 Å². The first-order valence-electron chi connectivity index (χ1n) is 7.77. The van der Waals surface area contributed by atoms with Crippen molar-refractivity contribution in [2.24, 2.45) is 0 Å². The number of methoxy groups -OCH3 is 1. The van der Waals surface area contributed by atoms with Crippen LogP contribution in [-0.4, -0.2) is 13.0 Å². The molecular weight excluding hydrogens is 501 g/mol. The van der Waals surface area contributed by atoms with Gasteiger partial charge in [-0.3, -0.25) is 4.79 Å². The number of rotatable bonds is 6. The van der Waals surface area contributed by atoms with E-state index in [1.54, 1.807) is 13.2 Å². The fraction of sp³-hybridized carbons (Fsp3) is 0.105. The van der Waals surface area contributed by atoms with E-state index in [1.807, 2.05) is 29.6 Å². The van der Waals surface area contributed by atoms with Gasteiger partial charge in [-0.05, 0) is 67.6 Å². The van der Waals surface area contributed by atoms with Crippen molar-refractivity contribution >= 4 is 54.8 Å². The molecule has 0 spiro atoms. The van der Waals surface area contributed by atoms with E-state index in [1.165, 1.54) is 23.5 Å². The zero-order valence-electron chi connectivity index (χ0n) is 14.1. The van der Waals surface area contributed by atoms with E-state index in [2.05, 4.69) is 37.2 Å². The van der Waals surface area contributed by atoms with Gasteiger partial charge in [0.2, 0.25) is 0 Å². The molecule has 1 heterocycles. The van der Waals surface area contributed by atoms with E-state index in [0.29, 0.717) is 37.6 Å². The molecule has 1 amide bonds. The standard InChI is InChI=1S/C19H14Br2FNO3S/c1-25-15-4-2-3-5-16(15)26-9-11-6-17(27-10-11)19(24)23-18-13(20)7-12(22)8-14(18)21/h2-8,10H,9H2,1H3,(H,23,24). The molecule has 27 heavy (non-hydrogen) atoms. The maximum absolute atomic E-state index is 13.4. The second kappa shape index (κ2) is 8.86. The summed E-state index contributed by atoms with van der Waals surface area (Å²) in [5, 5.41) is 4.64. The smallest absolute Gasteiger partial charge is 0.265 e. The lowest BCUT2D eigenvalue weighted by atomic mass is 10.3. The number of ether oxygens (including phenoxy) is 2. The first-order chi connectivity index (χ1) is 13.0. The Morgan fingerprint density at radius 3 is 2.48 bits per heavy atom.